The quantitative estimate of drug-likeness (QED) is 0.233. The SMILES string of the molecule is Cc1ccc(C2(c3ccc(C)cc3)c3ccccc3-c3ccc(-c4cccc5cccc(C)c45)cc32)cc1. The van der Waals surface area contributed by atoms with E-state index in [-0.39, 0.29) is 5.41 Å². The highest BCUT2D eigenvalue weighted by atomic mass is 14.5. The Morgan fingerprint density at radius 1 is 0.447 bits per heavy atom. The first-order chi connectivity index (χ1) is 18.6. The molecule has 0 amide bonds. The zero-order valence-corrected chi connectivity index (χ0v) is 22.1. The van der Waals surface area contributed by atoms with Crippen LogP contribution in [0.15, 0.2) is 127 Å². The average molecular weight is 487 g/mol. The monoisotopic (exact) mass is 486 g/mol. The lowest BCUT2D eigenvalue weighted by molar-refractivity contribution is 0.768. The lowest BCUT2D eigenvalue weighted by Gasteiger charge is -2.34. The minimum Gasteiger partial charge on any atom is -0.0619 e. The molecule has 6 aromatic rings. The third kappa shape index (κ3) is 3.23. The molecule has 0 bridgehead atoms. The Hall–Kier alpha value is -4.42. The van der Waals surface area contributed by atoms with Gasteiger partial charge >= 0.3 is 0 Å². The molecule has 0 nitrogen and oxygen atoms in total. The molecule has 0 saturated heterocycles. The molecule has 7 rings (SSSR count). The van der Waals surface area contributed by atoms with Crippen LogP contribution >= 0.6 is 0 Å². The van der Waals surface area contributed by atoms with Crippen molar-refractivity contribution in [3.63, 3.8) is 0 Å². The predicted molar refractivity (Wildman–Crippen MR) is 161 cm³/mol. The summed E-state index contributed by atoms with van der Waals surface area (Å²) in [6.07, 6.45) is 0. The van der Waals surface area contributed by atoms with Crippen LogP contribution in [0.1, 0.15) is 38.9 Å². The van der Waals surface area contributed by atoms with Crippen LogP contribution in [-0.2, 0) is 5.41 Å². The van der Waals surface area contributed by atoms with E-state index in [1.165, 1.54) is 72.0 Å². The van der Waals surface area contributed by atoms with Gasteiger partial charge in [-0.15, -0.1) is 0 Å². The molecule has 0 saturated carbocycles. The second-order valence-corrected chi connectivity index (χ2v) is 10.8. The molecule has 1 aliphatic rings. The number of rotatable bonds is 3. The first-order valence-electron chi connectivity index (χ1n) is 13.4. The van der Waals surface area contributed by atoms with Crippen LogP contribution in [0.3, 0.4) is 0 Å². The van der Waals surface area contributed by atoms with Gasteiger partial charge in [-0.3, -0.25) is 0 Å². The molecule has 0 N–H and O–H groups in total. The third-order valence-electron chi connectivity index (χ3n) is 8.44. The van der Waals surface area contributed by atoms with Crippen molar-refractivity contribution in [3.05, 3.63) is 166 Å². The largest absolute Gasteiger partial charge is 0.0713 e. The number of hydrogen-bond acceptors (Lipinski definition) is 0. The fourth-order valence-electron chi connectivity index (χ4n) is 6.61. The van der Waals surface area contributed by atoms with Crippen molar-refractivity contribution >= 4 is 10.8 Å². The molecule has 0 spiro atoms. The van der Waals surface area contributed by atoms with Gasteiger partial charge in [0.25, 0.3) is 0 Å². The predicted octanol–water partition coefficient (Wildman–Crippen LogP) is 9.80. The topological polar surface area (TPSA) is 0 Å². The van der Waals surface area contributed by atoms with E-state index >= 15 is 0 Å². The standard InChI is InChI=1S/C38H30/c1-25-14-19-30(20-15-25)38(31-21-16-26(2)17-22-31)35-13-5-4-11-33(35)34-23-18-29(24-36(34)38)32-12-7-10-28-9-6-8-27(3)37(28)32/h4-24H,1-3H3. The van der Waals surface area contributed by atoms with Crippen molar-refractivity contribution in [1.29, 1.82) is 0 Å². The van der Waals surface area contributed by atoms with Crippen LogP contribution in [0, 0.1) is 20.8 Å². The molecule has 0 aliphatic heterocycles. The molecular weight excluding hydrogens is 456 g/mol. The van der Waals surface area contributed by atoms with Gasteiger partial charge in [0.2, 0.25) is 0 Å². The highest BCUT2D eigenvalue weighted by Crippen LogP contribution is 2.56. The van der Waals surface area contributed by atoms with Crippen LogP contribution in [0.2, 0.25) is 0 Å². The zero-order valence-electron chi connectivity index (χ0n) is 22.1. The first kappa shape index (κ1) is 22.8. The van der Waals surface area contributed by atoms with E-state index in [0.717, 1.165) is 0 Å². The maximum Gasteiger partial charge on any atom is 0.0713 e. The molecule has 0 heterocycles. The molecular formula is C38H30. The van der Waals surface area contributed by atoms with Gasteiger partial charge in [0.05, 0.1) is 5.41 Å². The molecule has 0 heteroatoms. The Bertz CT molecular complexity index is 1770. The molecule has 6 aromatic carbocycles. The highest BCUT2D eigenvalue weighted by molar-refractivity contribution is 6.00. The summed E-state index contributed by atoms with van der Waals surface area (Å²) in [7, 11) is 0. The Morgan fingerprint density at radius 2 is 1.03 bits per heavy atom. The van der Waals surface area contributed by atoms with E-state index in [0.29, 0.717) is 0 Å². The summed E-state index contributed by atoms with van der Waals surface area (Å²) in [6.45, 7) is 6.55. The van der Waals surface area contributed by atoms with Gasteiger partial charge < -0.3 is 0 Å². The number of benzene rings is 6. The van der Waals surface area contributed by atoms with Gasteiger partial charge in [-0.05, 0) is 87.7 Å². The Morgan fingerprint density at radius 3 is 1.71 bits per heavy atom. The van der Waals surface area contributed by atoms with Gasteiger partial charge in [0.15, 0.2) is 0 Å². The summed E-state index contributed by atoms with van der Waals surface area (Å²) in [4.78, 5) is 0. The summed E-state index contributed by atoms with van der Waals surface area (Å²) in [5.74, 6) is 0. The van der Waals surface area contributed by atoms with E-state index in [9.17, 15) is 0 Å². The third-order valence-corrected chi connectivity index (χ3v) is 8.44. The summed E-state index contributed by atoms with van der Waals surface area (Å²) in [6, 6.07) is 47.7. The Kier molecular flexibility index (Phi) is 5.13. The molecule has 1 aliphatic carbocycles. The Labute approximate surface area is 225 Å². The number of fused-ring (bicyclic) bond motifs is 4. The van der Waals surface area contributed by atoms with E-state index < -0.39 is 0 Å². The lowest BCUT2D eigenvalue weighted by Crippen LogP contribution is -2.28. The van der Waals surface area contributed by atoms with E-state index in [2.05, 4.69) is 148 Å². The first-order valence-corrected chi connectivity index (χ1v) is 13.4. The fourth-order valence-corrected chi connectivity index (χ4v) is 6.61. The van der Waals surface area contributed by atoms with Crippen LogP contribution < -0.4 is 0 Å². The molecule has 0 fully saturated rings. The summed E-state index contributed by atoms with van der Waals surface area (Å²) in [5.41, 5.74) is 14.0. The molecule has 0 aromatic heterocycles. The maximum absolute atomic E-state index is 2.47. The van der Waals surface area contributed by atoms with Crippen LogP contribution in [-0.4, -0.2) is 0 Å². The summed E-state index contributed by atoms with van der Waals surface area (Å²) >= 11 is 0. The van der Waals surface area contributed by atoms with Crippen molar-refractivity contribution < 1.29 is 0 Å². The average Bonchev–Trinajstić information content (AvgIpc) is 3.24. The smallest absolute Gasteiger partial charge is 0.0619 e. The van der Waals surface area contributed by atoms with Gasteiger partial charge in [-0.1, -0.05) is 132 Å². The van der Waals surface area contributed by atoms with Crippen LogP contribution in [0.4, 0.5) is 0 Å². The zero-order chi connectivity index (χ0) is 25.9. The number of hydrogen-bond donors (Lipinski definition) is 0. The molecule has 38 heavy (non-hydrogen) atoms. The summed E-state index contributed by atoms with van der Waals surface area (Å²) < 4.78 is 0. The van der Waals surface area contributed by atoms with Crippen molar-refractivity contribution in [2.24, 2.45) is 0 Å². The van der Waals surface area contributed by atoms with Crippen LogP contribution in [0.25, 0.3) is 33.0 Å². The second-order valence-electron chi connectivity index (χ2n) is 10.8. The van der Waals surface area contributed by atoms with Gasteiger partial charge in [-0.25, -0.2) is 0 Å². The normalized spacial score (nSPS) is 13.3. The maximum atomic E-state index is 2.47. The van der Waals surface area contributed by atoms with Gasteiger partial charge in [0.1, 0.15) is 0 Å². The highest BCUT2D eigenvalue weighted by Gasteiger charge is 2.46. The van der Waals surface area contributed by atoms with E-state index in [1.807, 2.05) is 0 Å². The lowest BCUT2D eigenvalue weighted by atomic mass is 9.67. The van der Waals surface area contributed by atoms with Crippen molar-refractivity contribution in [1.82, 2.24) is 0 Å². The van der Waals surface area contributed by atoms with Gasteiger partial charge in [-0.2, -0.15) is 0 Å². The minimum atomic E-state index is -0.386. The van der Waals surface area contributed by atoms with Crippen molar-refractivity contribution in [2.75, 3.05) is 0 Å². The molecule has 182 valence electrons. The minimum absolute atomic E-state index is 0.386. The molecule has 0 radical (unpaired) electrons. The van der Waals surface area contributed by atoms with Crippen molar-refractivity contribution in [2.45, 2.75) is 26.2 Å². The van der Waals surface area contributed by atoms with Gasteiger partial charge in [0, 0.05) is 0 Å². The summed E-state index contributed by atoms with van der Waals surface area (Å²) in [5, 5.41) is 2.62. The molecule has 0 unspecified atom stereocenters. The van der Waals surface area contributed by atoms with E-state index in [1.54, 1.807) is 0 Å². The van der Waals surface area contributed by atoms with Crippen molar-refractivity contribution in [3.8, 4) is 22.3 Å². The number of aryl methyl sites for hydroxylation is 3. The molecule has 0 atom stereocenters. The second kappa shape index (κ2) is 8.57. The van der Waals surface area contributed by atoms with E-state index in [4.69, 9.17) is 0 Å². The fraction of sp³-hybridized carbons (Fsp3) is 0.105. The van der Waals surface area contributed by atoms with Crippen LogP contribution in [0.5, 0.6) is 0 Å². The Balaban J connectivity index is 1.59.